The molecule has 0 saturated carbocycles. The monoisotopic (exact) mass is 397 g/mol. The van der Waals surface area contributed by atoms with Gasteiger partial charge in [-0.3, -0.25) is 14.9 Å². The van der Waals surface area contributed by atoms with Crippen LogP contribution in [-0.2, 0) is 9.59 Å². The van der Waals surface area contributed by atoms with Gasteiger partial charge < -0.3 is 10.4 Å². The number of hydrogen-bond donors (Lipinski definition) is 4. The molecule has 2 aromatic carbocycles. The van der Waals surface area contributed by atoms with Crippen molar-refractivity contribution >= 4 is 35.6 Å². The number of carbonyl (C=O) groups is 3. The van der Waals surface area contributed by atoms with Crippen LogP contribution < -0.4 is 16.1 Å². The highest BCUT2D eigenvalue weighted by atomic mass is 19.1. The summed E-state index contributed by atoms with van der Waals surface area (Å²) in [4.78, 5) is 39.1. The third-order valence-corrected chi connectivity index (χ3v) is 3.86. The third-order valence-electron chi connectivity index (χ3n) is 3.86. The lowest BCUT2D eigenvalue weighted by Crippen LogP contribution is -2.35. The molecule has 10 heteroatoms. The lowest BCUT2D eigenvalue weighted by atomic mass is 10.1. The maximum atomic E-state index is 12.9. The summed E-state index contributed by atoms with van der Waals surface area (Å²) < 4.78 is 12.9. The van der Waals surface area contributed by atoms with Crippen LogP contribution in [0.1, 0.15) is 22.3 Å². The number of halogens is 1. The van der Waals surface area contributed by atoms with E-state index in [2.05, 4.69) is 26.2 Å². The molecule has 1 unspecified atom stereocenters. The van der Waals surface area contributed by atoms with Gasteiger partial charge in [-0.2, -0.15) is 5.10 Å². The lowest BCUT2D eigenvalue weighted by Gasteiger charge is -2.07. The number of benzene rings is 2. The average Bonchev–Trinajstić information content (AvgIpc) is 3.02. The average molecular weight is 397 g/mol. The van der Waals surface area contributed by atoms with Gasteiger partial charge in [0.1, 0.15) is 11.9 Å². The lowest BCUT2D eigenvalue weighted by molar-refractivity contribution is -0.123. The van der Waals surface area contributed by atoms with Crippen molar-refractivity contribution in [1.82, 2.24) is 10.7 Å². The van der Waals surface area contributed by atoms with E-state index >= 15 is 0 Å². The highest BCUT2D eigenvalue weighted by Gasteiger charge is 2.28. The maximum absolute atomic E-state index is 12.9. The van der Waals surface area contributed by atoms with Gasteiger partial charge in [-0.25, -0.2) is 19.6 Å². The van der Waals surface area contributed by atoms with Crippen LogP contribution in [-0.4, -0.2) is 41.1 Å². The van der Waals surface area contributed by atoms with Crippen LogP contribution in [0.4, 0.5) is 10.1 Å². The number of guanidine groups is 1. The zero-order chi connectivity index (χ0) is 20.8. The number of carbonyl (C=O) groups excluding carboxylic acids is 2. The van der Waals surface area contributed by atoms with Crippen molar-refractivity contribution in [3.63, 3.8) is 0 Å². The first kappa shape index (κ1) is 19.7. The Bertz CT molecular complexity index is 1000. The molecule has 0 bridgehead atoms. The van der Waals surface area contributed by atoms with Crippen molar-refractivity contribution in [2.75, 3.05) is 5.32 Å². The third kappa shape index (κ3) is 5.45. The van der Waals surface area contributed by atoms with Crippen LogP contribution in [0.25, 0.3) is 0 Å². The van der Waals surface area contributed by atoms with Crippen molar-refractivity contribution in [3.05, 3.63) is 65.5 Å². The standard InChI is InChI=1S/C19H16FN5O4/c20-13-6-4-11(5-7-13)10-21-25-19-23-15(17(27)24-19)9-16(26)22-14-3-1-2-12(8-14)18(28)29/h1-8,10,15H,9H2,(H,22,26)(H,28,29)(H2,23,24,25,27)/b21-10+. The molecule has 2 aromatic rings. The first-order valence-electron chi connectivity index (χ1n) is 8.47. The van der Waals surface area contributed by atoms with Gasteiger partial charge in [0.05, 0.1) is 18.2 Å². The van der Waals surface area contributed by atoms with Gasteiger partial charge in [0, 0.05) is 5.69 Å². The van der Waals surface area contributed by atoms with E-state index in [0.717, 1.165) is 0 Å². The molecule has 0 saturated heterocycles. The van der Waals surface area contributed by atoms with E-state index in [1.807, 2.05) is 0 Å². The smallest absolute Gasteiger partial charge is 0.335 e. The Kier molecular flexibility index (Phi) is 5.93. The molecule has 2 amide bonds. The molecule has 9 nitrogen and oxygen atoms in total. The van der Waals surface area contributed by atoms with Crippen molar-refractivity contribution in [1.29, 1.82) is 0 Å². The summed E-state index contributed by atoms with van der Waals surface area (Å²) >= 11 is 0. The largest absolute Gasteiger partial charge is 0.478 e. The minimum atomic E-state index is -1.11. The molecule has 1 aliphatic rings. The molecular weight excluding hydrogens is 381 g/mol. The zero-order valence-electron chi connectivity index (χ0n) is 14.9. The Morgan fingerprint density at radius 3 is 2.72 bits per heavy atom. The Labute approximate surface area is 164 Å². The molecular formula is C19H16FN5O4. The fourth-order valence-corrected chi connectivity index (χ4v) is 2.48. The molecule has 0 spiro atoms. The van der Waals surface area contributed by atoms with Gasteiger partial charge in [-0.15, -0.1) is 0 Å². The molecule has 3 rings (SSSR count). The quantitative estimate of drug-likeness (QED) is 0.431. The first-order valence-corrected chi connectivity index (χ1v) is 8.47. The SMILES string of the molecule is O=C(CC1N=C(N/N=C/c2ccc(F)cc2)NC1=O)Nc1cccc(C(=O)O)c1. The normalized spacial score (nSPS) is 15.7. The number of amides is 2. The van der Waals surface area contributed by atoms with Crippen molar-refractivity contribution in [2.24, 2.45) is 10.1 Å². The second kappa shape index (κ2) is 8.74. The molecule has 0 fully saturated rings. The summed E-state index contributed by atoms with van der Waals surface area (Å²) in [6, 6.07) is 10.5. The highest BCUT2D eigenvalue weighted by Crippen LogP contribution is 2.13. The van der Waals surface area contributed by atoms with E-state index in [4.69, 9.17) is 5.11 Å². The highest BCUT2D eigenvalue weighted by molar-refractivity contribution is 6.07. The summed E-state index contributed by atoms with van der Waals surface area (Å²) in [5, 5.41) is 17.9. The molecule has 1 aliphatic heterocycles. The minimum Gasteiger partial charge on any atom is -0.478 e. The number of hydrazone groups is 1. The molecule has 0 aliphatic carbocycles. The number of carboxylic acids is 1. The topological polar surface area (TPSA) is 132 Å². The van der Waals surface area contributed by atoms with Gasteiger partial charge in [-0.05, 0) is 35.9 Å². The minimum absolute atomic E-state index is 0.0323. The van der Waals surface area contributed by atoms with Crippen LogP contribution in [0.15, 0.2) is 58.6 Å². The number of anilines is 1. The van der Waals surface area contributed by atoms with Gasteiger partial charge in [0.25, 0.3) is 5.91 Å². The number of rotatable bonds is 6. The molecule has 1 atom stereocenters. The van der Waals surface area contributed by atoms with Crippen molar-refractivity contribution in [2.45, 2.75) is 12.5 Å². The van der Waals surface area contributed by atoms with Crippen molar-refractivity contribution in [3.8, 4) is 0 Å². The molecule has 148 valence electrons. The summed E-state index contributed by atoms with van der Waals surface area (Å²) in [7, 11) is 0. The van der Waals surface area contributed by atoms with Crippen LogP contribution in [0.5, 0.6) is 0 Å². The van der Waals surface area contributed by atoms with E-state index < -0.39 is 23.8 Å². The summed E-state index contributed by atoms with van der Waals surface area (Å²) in [5.41, 5.74) is 3.52. The van der Waals surface area contributed by atoms with Gasteiger partial charge in [0.2, 0.25) is 11.9 Å². The van der Waals surface area contributed by atoms with E-state index in [1.54, 1.807) is 6.07 Å². The van der Waals surface area contributed by atoms with Crippen LogP contribution in [0, 0.1) is 5.82 Å². The number of hydrogen-bond acceptors (Lipinski definition) is 6. The van der Waals surface area contributed by atoms with Gasteiger partial charge >= 0.3 is 5.97 Å². The summed E-state index contributed by atoms with van der Waals surface area (Å²) in [6.45, 7) is 0. The van der Waals surface area contributed by atoms with Crippen LogP contribution in [0.3, 0.4) is 0 Å². The zero-order valence-corrected chi connectivity index (χ0v) is 14.9. The Balaban J connectivity index is 1.55. The number of aromatic carboxylic acids is 1. The summed E-state index contributed by atoms with van der Waals surface area (Å²) in [6.07, 6.45) is 1.19. The Morgan fingerprint density at radius 2 is 2.00 bits per heavy atom. The number of nitrogens with one attached hydrogen (secondary N) is 3. The molecule has 29 heavy (non-hydrogen) atoms. The second-order valence-corrected chi connectivity index (χ2v) is 6.04. The predicted molar refractivity (Wildman–Crippen MR) is 103 cm³/mol. The van der Waals surface area contributed by atoms with Gasteiger partial charge in [0.15, 0.2) is 0 Å². The van der Waals surface area contributed by atoms with Crippen molar-refractivity contribution < 1.29 is 23.9 Å². The summed E-state index contributed by atoms with van der Waals surface area (Å²) in [5.74, 6) is -2.36. The number of carboxylic acid groups (broad SMARTS) is 1. The fourth-order valence-electron chi connectivity index (χ4n) is 2.48. The fraction of sp³-hybridized carbons (Fsp3) is 0.105. The van der Waals surface area contributed by atoms with Gasteiger partial charge in [-0.1, -0.05) is 18.2 Å². The maximum Gasteiger partial charge on any atom is 0.335 e. The molecule has 0 aromatic heterocycles. The van der Waals surface area contributed by atoms with E-state index in [1.165, 1.54) is 48.7 Å². The van der Waals surface area contributed by atoms with E-state index in [-0.39, 0.29) is 23.8 Å². The molecule has 0 radical (unpaired) electrons. The Hall–Kier alpha value is -4.08. The number of nitrogens with zero attached hydrogens (tertiary/aromatic N) is 2. The van der Waals surface area contributed by atoms with Crippen LogP contribution >= 0.6 is 0 Å². The Morgan fingerprint density at radius 1 is 1.24 bits per heavy atom. The van der Waals surface area contributed by atoms with Crippen LogP contribution in [0.2, 0.25) is 0 Å². The molecule has 1 heterocycles. The second-order valence-electron chi connectivity index (χ2n) is 6.04. The molecule has 4 N–H and O–H groups in total. The first-order chi connectivity index (χ1) is 13.9. The number of aliphatic imine (C=N–C) groups is 1. The van der Waals surface area contributed by atoms with E-state index in [0.29, 0.717) is 11.3 Å². The predicted octanol–water partition coefficient (Wildman–Crippen LogP) is 1.33. The van der Waals surface area contributed by atoms with E-state index in [9.17, 15) is 18.8 Å².